The summed E-state index contributed by atoms with van der Waals surface area (Å²) in [6.07, 6.45) is 2.70. The molecule has 5 heteroatoms. The SMILES string of the molecule is Cc1ccc(-c2nn(CN(C)CC3CC3)c(=S)o2)cc1. The van der Waals surface area contributed by atoms with Crippen molar-refractivity contribution in [2.75, 3.05) is 13.6 Å². The zero-order chi connectivity index (χ0) is 14.1. The van der Waals surface area contributed by atoms with Gasteiger partial charge in [0.15, 0.2) is 0 Å². The fraction of sp³-hybridized carbons (Fsp3) is 0.467. The quantitative estimate of drug-likeness (QED) is 0.789. The zero-order valence-electron chi connectivity index (χ0n) is 11.9. The van der Waals surface area contributed by atoms with Gasteiger partial charge in [-0.25, -0.2) is 4.68 Å². The average molecular weight is 289 g/mol. The summed E-state index contributed by atoms with van der Waals surface area (Å²) in [5.41, 5.74) is 2.18. The van der Waals surface area contributed by atoms with Crippen LogP contribution in [0.5, 0.6) is 0 Å². The standard InChI is InChI=1S/C15H19N3OS/c1-11-3-7-13(8-4-11)14-16-18(15(20)19-14)10-17(2)9-12-5-6-12/h3-4,7-8,12H,5-6,9-10H2,1-2H3. The summed E-state index contributed by atoms with van der Waals surface area (Å²) in [4.78, 5) is 2.68. The van der Waals surface area contributed by atoms with E-state index in [1.54, 1.807) is 4.68 Å². The Labute approximate surface area is 124 Å². The molecule has 20 heavy (non-hydrogen) atoms. The Morgan fingerprint density at radius 2 is 2.05 bits per heavy atom. The Morgan fingerprint density at radius 1 is 1.35 bits per heavy atom. The van der Waals surface area contributed by atoms with Crippen molar-refractivity contribution >= 4 is 12.2 Å². The molecule has 1 aliphatic carbocycles. The highest BCUT2D eigenvalue weighted by Gasteiger charge is 2.23. The van der Waals surface area contributed by atoms with Crippen LogP contribution in [0.25, 0.3) is 11.5 Å². The van der Waals surface area contributed by atoms with Gasteiger partial charge in [-0.2, -0.15) is 0 Å². The summed E-state index contributed by atoms with van der Waals surface area (Å²) in [5, 5.41) is 4.48. The first kappa shape index (κ1) is 13.5. The van der Waals surface area contributed by atoms with Crippen molar-refractivity contribution in [3.8, 4) is 11.5 Å². The largest absolute Gasteiger partial charge is 0.409 e. The van der Waals surface area contributed by atoms with Gasteiger partial charge in [-0.05, 0) is 57.1 Å². The highest BCUT2D eigenvalue weighted by atomic mass is 32.1. The lowest BCUT2D eigenvalue weighted by Gasteiger charge is -2.14. The Hall–Kier alpha value is -1.46. The first-order valence-corrected chi connectivity index (χ1v) is 7.36. The van der Waals surface area contributed by atoms with E-state index in [2.05, 4.69) is 24.0 Å². The predicted octanol–water partition coefficient (Wildman–Crippen LogP) is 3.48. The fourth-order valence-corrected chi connectivity index (χ4v) is 2.41. The van der Waals surface area contributed by atoms with Gasteiger partial charge in [0.05, 0.1) is 6.67 Å². The monoisotopic (exact) mass is 289 g/mol. The van der Waals surface area contributed by atoms with Gasteiger partial charge in [-0.15, -0.1) is 5.10 Å². The molecule has 0 spiro atoms. The van der Waals surface area contributed by atoms with Crippen LogP contribution >= 0.6 is 12.2 Å². The summed E-state index contributed by atoms with van der Waals surface area (Å²) in [6.45, 7) is 3.85. The summed E-state index contributed by atoms with van der Waals surface area (Å²) in [5.74, 6) is 1.45. The molecule has 3 rings (SSSR count). The van der Waals surface area contributed by atoms with E-state index in [4.69, 9.17) is 16.6 Å². The molecule has 0 unspecified atom stereocenters. The number of aromatic nitrogens is 2. The normalized spacial score (nSPS) is 14.9. The van der Waals surface area contributed by atoms with Crippen LogP contribution in [0.3, 0.4) is 0 Å². The smallest absolute Gasteiger partial charge is 0.288 e. The van der Waals surface area contributed by atoms with Gasteiger partial charge in [0, 0.05) is 12.1 Å². The van der Waals surface area contributed by atoms with Gasteiger partial charge in [0.1, 0.15) is 0 Å². The Morgan fingerprint density at radius 3 is 2.70 bits per heavy atom. The topological polar surface area (TPSA) is 34.2 Å². The number of rotatable bonds is 5. The van der Waals surface area contributed by atoms with Crippen molar-refractivity contribution in [3.63, 3.8) is 0 Å². The molecule has 106 valence electrons. The van der Waals surface area contributed by atoms with E-state index in [0.717, 1.165) is 18.0 Å². The lowest BCUT2D eigenvalue weighted by Crippen LogP contribution is -2.24. The second-order valence-corrected chi connectivity index (χ2v) is 6.01. The minimum atomic E-state index is 0.434. The Kier molecular flexibility index (Phi) is 3.72. The van der Waals surface area contributed by atoms with Crippen molar-refractivity contribution < 1.29 is 4.42 Å². The van der Waals surface area contributed by atoms with Crippen LogP contribution in [-0.4, -0.2) is 28.3 Å². The highest BCUT2D eigenvalue weighted by molar-refractivity contribution is 7.71. The molecule has 1 fully saturated rings. The van der Waals surface area contributed by atoms with Gasteiger partial charge >= 0.3 is 0 Å². The molecule has 1 aromatic heterocycles. The van der Waals surface area contributed by atoms with E-state index >= 15 is 0 Å². The van der Waals surface area contributed by atoms with E-state index in [9.17, 15) is 0 Å². The third kappa shape index (κ3) is 3.16. The summed E-state index contributed by atoms with van der Waals surface area (Å²) >= 11 is 5.25. The number of benzene rings is 1. The predicted molar refractivity (Wildman–Crippen MR) is 80.9 cm³/mol. The molecule has 0 aliphatic heterocycles. The third-order valence-corrected chi connectivity index (χ3v) is 3.84. The molecule has 0 saturated heterocycles. The van der Waals surface area contributed by atoms with Crippen LogP contribution in [0.4, 0.5) is 0 Å². The second kappa shape index (κ2) is 5.50. The van der Waals surface area contributed by atoms with Gasteiger partial charge in [-0.3, -0.25) is 4.90 Å². The summed E-state index contributed by atoms with van der Waals surface area (Å²) in [7, 11) is 2.10. The first-order chi connectivity index (χ1) is 9.61. The molecule has 1 aliphatic rings. The van der Waals surface area contributed by atoms with Crippen molar-refractivity contribution in [3.05, 3.63) is 34.7 Å². The Bertz CT molecular complexity index is 640. The number of aryl methyl sites for hydroxylation is 1. The van der Waals surface area contributed by atoms with Crippen LogP contribution in [0.15, 0.2) is 28.7 Å². The van der Waals surface area contributed by atoms with Crippen LogP contribution < -0.4 is 0 Å². The molecule has 0 radical (unpaired) electrons. The second-order valence-electron chi connectivity index (χ2n) is 5.66. The van der Waals surface area contributed by atoms with E-state index in [1.165, 1.54) is 18.4 Å². The maximum absolute atomic E-state index is 5.60. The van der Waals surface area contributed by atoms with E-state index in [1.807, 2.05) is 24.3 Å². The molecule has 0 bridgehead atoms. The van der Waals surface area contributed by atoms with Crippen LogP contribution in [0.2, 0.25) is 0 Å². The lowest BCUT2D eigenvalue weighted by molar-refractivity contribution is 0.239. The molecule has 0 N–H and O–H groups in total. The van der Waals surface area contributed by atoms with Gasteiger partial charge in [-0.1, -0.05) is 17.7 Å². The molecule has 1 aromatic carbocycles. The van der Waals surface area contributed by atoms with E-state index in [-0.39, 0.29) is 0 Å². The Balaban J connectivity index is 1.76. The maximum atomic E-state index is 5.60. The minimum absolute atomic E-state index is 0.434. The molecule has 0 amide bonds. The molecular weight excluding hydrogens is 270 g/mol. The fourth-order valence-electron chi connectivity index (χ4n) is 2.24. The molecule has 1 saturated carbocycles. The first-order valence-electron chi connectivity index (χ1n) is 6.95. The number of hydrogen-bond donors (Lipinski definition) is 0. The molecular formula is C15H19N3OS. The molecule has 1 heterocycles. The van der Waals surface area contributed by atoms with Crippen molar-refractivity contribution in [1.82, 2.24) is 14.7 Å². The lowest BCUT2D eigenvalue weighted by atomic mass is 10.1. The van der Waals surface area contributed by atoms with Gasteiger partial charge in [0.2, 0.25) is 5.89 Å². The van der Waals surface area contributed by atoms with Crippen LogP contribution in [-0.2, 0) is 6.67 Å². The third-order valence-electron chi connectivity index (χ3n) is 3.55. The van der Waals surface area contributed by atoms with Crippen LogP contribution in [0, 0.1) is 17.7 Å². The highest BCUT2D eigenvalue weighted by Crippen LogP contribution is 2.29. The maximum Gasteiger partial charge on any atom is 0.288 e. The molecule has 0 atom stereocenters. The van der Waals surface area contributed by atoms with E-state index in [0.29, 0.717) is 17.4 Å². The van der Waals surface area contributed by atoms with Crippen LogP contribution in [0.1, 0.15) is 18.4 Å². The minimum Gasteiger partial charge on any atom is -0.409 e. The average Bonchev–Trinajstić information content (AvgIpc) is 3.14. The zero-order valence-corrected chi connectivity index (χ0v) is 12.7. The van der Waals surface area contributed by atoms with Gasteiger partial charge in [0.25, 0.3) is 4.84 Å². The van der Waals surface area contributed by atoms with Crippen molar-refractivity contribution in [2.45, 2.75) is 26.4 Å². The van der Waals surface area contributed by atoms with Crippen molar-refractivity contribution in [2.24, 2.45) is 5.92 Å². The summed E-state index contributed by atoms with van der Waals surface area (Å²) in [6, 6.07) is 8.11. The van der Waals surface area contributed by atoms with E-state index < -0.39 is 0 Å². The van der Waals surface area contributed by atoms with Gasteiger partial charge < -0.3 is 4.42 Å². The summed E-state index contributed by atoms with van der Waals surface area (Å²) < 4.78 is 7.36. The number of hydrogen-bond acceptors (Lipinski definition) is 4. The molecule has 2 aromatic rings. The number of nitrogens with zero attached hydrogens (tertiary/aromatic N) is 3. The van der Waals surface area contributed by atoms with Crippen molar-refractivity contribution in [1.29, 1.82) is 0 Å². The molecule has 4 nitrogen and oxygen atoms in total.